The van der Waals surface area contributed by atoms with Crippen molar-refractivity contribution in [1.82, 2.24) is 0 Å². The molecule has 0 aliphatic carbocycles. The Hall–Kier alpha value is -7.37. The van der Waals surface area contributed by atoms with Crippen molar-refractivity contribution in [3.63, 3.8) is 0 Å². The molecule has 2 radical (unpaired) electrons. The van der Waals surface area contributed by atoms with E-state index in [0.717, 1.165) is 5.46 Å². The zero-order valence-corrected chi connectivity index (χ0v) is 67.0. The first kappa shape index (κ1) is 77.7. The van der Waals surface area contributed by atoms with Gasteiger partial charge in [0, 0.05) is 9.35 Å². The second-order valence-corrected chi connectivity index (χ2v) is 36.2. The van der Waals surface area contributed by atoms with E-state index < -0.39 is 0 Å². The minimum atomic E-state index is -0.352. The Kier molecular flexibility index (Phi) is 21.7. The summed E-state index contributed by atoms with van der Waals surface area (Å²) in [4.78, 5) is -0.0278. The van der Waals surface area contributed by atoms with Crippen molar-refractivity contribution in [3.8, 4) is 0 Å². The third-order valence-electron chi connectivity index (χ3n) is 21.3. The summed E-state index contributed by atoms with van der Waals surface area (Å²) in [5, 5.41) is 32.2. The van der Waals surface area contributed by atoms with E-state index in [9.17, 15) is 0 Å². The van der Waals surface area contributed by atoms with Gasteiger partial charge in [-0.2, -0.15) is 0 Å². The number of nitrogens with zero attached hydrogens (tertiary/aromatic N) is 1. The Labute approximate surface area is 638 Å². The molecule has 2 aliphatic heterocycles. The topological polar surface area (TPSA) is 49.3 Å². The maximum Gasteiger partial charge on any atom is -0.00268 e. The number of halogens is 2. The average molecular weight is 1480 g/mol. The fraction of sp³-hybridized carbons (Fsp3) is 0.312. The summed E-state index contributed by atoms with van der Waals surface area (Å²) in [6.45, 7) is 42.8. The van der Waals surface area contributed by atoms with Gasteiger partial charge < -0.3 is 18.6 Å². The predicted molar refractivity (Wildman–Crippen MR) is 466 cm³/mol. The van der Waals surface area contributed by atoms with Gasteiger partial charge in [-0.05, 0) is 250 Å². The van der Waals surface area contributed by atoms with Crippen LogP contribution in [0.1, 0.15) is 163 Å². The van der Waals surface area contributed by atoms with Crippen LogP contribution in [0, 0.1) is 0 Å². The minimum Gasteiger partial charge on any atom is -0.0610 e. The van der Waals surface area contributed by atoms with Gasteiger partial charge in [-0.1, -0.05) is 292 Å². The molecule has 2 saturated heterocycles. The molecule has 2 fully saturated rings. The van der Waals surface area contributed by atoms with Gasteiger partial charge in [-0.25, -0.2) is 0 Å². The average Bonchev–Trinajstić information content (AvgIpc) is 0.855. The molecule has 11 heteroatoms. The molecule has 0 saturated carbocycles. The van der Waals surface area contributed by atoms with E-state index in [1.165, 1.54) is 158 Å². The summed E-state index contributed by atoms with van der Waals surface area (Å²) in [7, 11) is 5.40. The smallest absolute Gasteiger partial charge is 0.00268 e. The normalized spacial score (nSPS) is 15.4. The molecular formula is C93H100B3BrClNO4S. The van der Waals surface area contributed by atoms with E-state index in [1.54, 1.807) is 0 Å². The van der Waals surface area contributed by atoms with Gasteiger partial charge in [0.05, 0.1) is 22.4 Å². The van der Waals surface area contributed by atoms with Crippen LogP contribution in [-0.4, -0.2) is 49.7 Å². The van der Waals surface area contributed by atoms with Crippen LogP contribution in [-0.2, 0) is 34.9 Å². The molecule has 0 amide bonds. The fourth-order valence-corrected chi connectivity index (χ4v) is 14.5. The van der Waals surface area contributed by atoms with Gasteiger partial charge in [-0.15, -0.1) is 11.6 Å². The number of alkyl halides is 1. The molecule has 16 aromatic carbocycles. The van der Waals surface area contributed by atoms with Crippen molar-refractivity contribution < 1.29 is 18.6 Å². The molecule has 18 rings (SSSR count). The number of thiol groups is 1. The Bertz CT molecular complexity index is 5490. The molecule has 0 unspecified atom stereocenters. The molecule has 2 heterocycles. The van der Waals surface area contributed by atoms with Gasteiger partial charge >= 0.3 is 39.6 Å². The summed E-state index contributed by atoms with van der Waals surface area (Å²) < 4.78 is 27.0. The van der Waals surface area contributed by atoms with Crippen LogP contribution in [0.15, 0.2) is 221 Å². The molecule has 0 bridgehead atoms. The summed E-state index contributed by atoms with van der Waals surface area (Å²) in [5.41, 5.74) is 4.70. The Morgan fingerprint density at radius 2 is 0.577 bits per heavy atom. The van der Waals surface area contributed by atoms with E-state index in [2.05, 4.69) is 343 Å². The van der Waals surface area contributed by atoms with Crippen molar-refractivity contribution in [1.29, 1.82) is 0 Å². The summed E-state index contributed by atoms with van der Waals surface area (Å²) in [5.74, 6) is 0. The third-order valence-corrected chi connectivity index (χ3v) is 22.0. The zero-order chi connectivity index (χ0) is 74.3. The van der Waals surface area contributed by atoms with Gasteiger partial charge in [0.2, 0.25) is 0 Å². The first-order valence-corrected chi connectivity index (χ1v) is 37.5. The van der Waals surface area contributed by atoms with Crippen LogP contribution in [0.4, 0.5) is 0 Å². The Balaban J connectivity index is 0.000000131. The van der Waals surface area contributed by atoms with E-state index in [0.29, 0.717) is 0 Å². The second-order valence-electron chi connectivity index (χ2n) is 34.0. The van der Waals surface area contributed by atoms with Crippen molar-refractivity contribution >= 4 is 198 Å². The maximum atomic E-state index is 6.38. The molecule has 0 spiro atoms. The van der Waals surface area contributed by atoms with E-state index in [-0.39, 0.29) is 58.1 Å². The van der Waals surface area contributed by atoms with Gasteiger partial charge in [0.15, 0.2) is 0 Å². The van der Waals surface area contributed by atoms with Crippen molar-refractivity contribution in [2.24, 2.45) is 4.30 Å². The van der Waals surface area contributed by atoms with E-state index in [1.807, 2.05) is 48.5 Å². The van der Waals surface area contributed by atoms with Crippen molar-refractivity contribution in [2.45, 2.75) is 189 Å². The van der Waals surface area contributed by atoms with Crippen molar-refractivity contribution in [3.05, 3.63) is 233 Å². The maximum absolute atomic E-state index is 6.38. The zero-order valence-electron chi connectivity index (χ0n) is 63.7. The number of hydrogen-bond acceptors (Lipinski definition) is 6. The first-order chi connectivity index (χ1) is 48.3. The summed E-state index contributed by atoms with van der Waals surface area (Å²) in [6.07, 6.45) is 0. The molecule has 0 N–H and O–H groups in total. The summed E-state index contributed by atoms with van der Waals surface area (Å²) >= 11 is 12.4. The standard InChI is InChI=1S/C26H29BO2.C20H17Br.C20H18.C16H10.C6H12BO2.C4H9Cl.CH4.BHNS/c1-24(2,3)19-14-17-9-8-16-11-13-21(27-28-25(4,5)26(6,7)29-27)20-12-10-18(15-19)22(17)23(16)20;1-20(2,3)15-10-13-5-4-12-7-9-17(21)16-8-6-14(11-15)18(13)19(12)16;1-20(2,3)17-11-15-9-7-13-5-4-6-14-8-10-16(12-17)19(15)18(13)14;1-3-11-7-9-13-5-2-6-14-10-8-12(4-1)15(11)16(13)14;1-5(2)6(3,4)9-7-8-5;1-4(2,3)5;;1-2-3/h8-15H,1-7H3;4-11H,1-3H3;4-12H,1-3H3;1-10H;1-4H3;1-3H3;1H4;3H. The molecular weight excluding hydrogens is 1370 g/mol. The largest absolute Gasteiger partial charge is 0.0610 e. The second kappa shape index (κ2) is 29.1. The van der Waals surface area contributed by atoms with Crippen molar-refractivity contribution in [2.75, 3.05) is 0 Å². The molecule has 2 aliphatic rings. The van der Waals surface area contributed by atoms with Gasteiger partial charge in [0.1, 0.15) is 0 Å². The molecule has 16 aromatic rings. The fourth-order valence-electron chi connectivity index (χ4n) is 14.1. The van der Waals surface area contributed by atoms with E-state index >= 15 is 0 Å². The first-order valence-electron chi connectivity index (χ1n) is 35.9. The van der Waals surface area contributed by atoms with Crippen LogP contribution in [0.25, 0.3) is 129 Å². The quantitative estimate of drug-likeness (QED) is 0.0770. The Morgan fingerprint density at radius 3 is 0.856 bits per heavy atom. The third kappa shape index (κ3) is 15.6. The van der Waals surface area contributed by atoms with Crippen LogP contribution in [0.3, 0.4) is 0 Å². The number of hydrogen-bond donors (Lipinski definition) is 1. The molecule has 0 aromatic heterocycles. The molecule has 0 atom stereocenters. The summed E-state index contributed by atoms with van der Waals surface area (Å²) in [6, 6.07) is 78.3. The van der Waals surface area contributed by atoms with Gasteiger partial charge in [-0.3, -0.25) is 0 Å². The van der Waals surface area contributed by atoms with Gasteiger partial charge in [0.25, 0.3) is 0 Å². The SMILES string of the molecule is C.CC(C)(C)Cl.CC(C)(C)c1cc2ccc3ccc(B4OC(C)(C)C(C)(C)O4)c4ccc(c1)c2c34.CC(C)(C)c1cc2ccc3ccc(Br)c4ccc(c1)c2c34.CC(C)(C)c1cc2ccc3cccc4ccc(c1)c2c34.CC1(C)O[B]OC1(C)C.[B]=NS.c1cc2ccc3cccc4ccc(c1)c2c34. The number of rotatable bonds is 1. The van der Waals surface area contributed by atoms with Crippen LogP contribution in [0.5, 0.6) is 0 Å². The van der Waals surface area contributed by atoms with Crippen LogP contribution < -0.4 is 5.46 Å². The molecule has 530 valence electrons. The Morgan fingerprint density at radius 1 is 0.356 bits per heavy atom. The van der Waals surface area contributed by atoms with Crippen LogP contribution >= 0.6 is 40.3 Å². The monoisotopic (exact) mass is 1470 g/mol. The molecule has 104 heavy (non-hydrogen) atoms. The van der Waals surface area contributed by atoms with E-state index in [4.69, 9.17) is 30.2 Å². The van der Waals surface area contributed by atoms with Crippen LogP contribution in [0.2, 0.25) is 0 Å². The molecule has 5 nitrogen and oxygen atoms in total. The predicted octanol–water partition coefficient (Wildman–Crippen LogP) is 27.3. The minimum absolute atomic E-state index is 0. The number of benzene rings is 16.